The molecule has 6 heteroatoms. The number of benzene rings is 3. The molecule has 1 heterocycles. The zero-order valence-corrected chi connectivity index (χ0v) is 16.7. The van der Waals surface area contributed by atoms with Crippen molar-refractivity contribution < 1.29 is 9.72 Å². The zero-order valence-electron chi connectivity index (χ0n) is 16.7. The van der Waals surface area contributed by atoms with Crippen LogP contribution < -0.4 is 10.2 Å². The van der Waals surface area contributed by atoms with E-state index >= 15 is 0 Å². The number of amides is 1. The van der Waals surface area contributed by atoms with E-state index < -0.39 is 4.92 Å². The number of nitro benzene ring substituents is 1. The predicted octanol–water partition coefficient (Wildman–Crippen LogP) is 5.30. The van der Waals surface area contributed by atoms with Crippen LogP contribution in [-0.4, -0.2) is 10.8 Å². The van der Waals surface area contributed by atoms with Crippen LogP contribution in [0.5, 0.6) is 0 Å². The molecule has 1 aliphatic heterocycles. The summed E-state index contributed by atoms with van der Waals surface area (Å²) in [5.74, 6) is -0.148. The van der Waals surface area contributed by atoms with Gasteiger partial charge in [0.05, 0.1) is 11.0 Å². The first-order chi connectivity index (χ1) is 14.4. The predicted molar refractivity (Wildman–Crippen MR) is 117 cm³/mol. The Kier molecular flexibility index (Phi) is 5.06. The molecule has 1 N–H and O–H groups in total. The first-order valence-electron chi connectivity index (χ1n) is 9.62. The molecule has 30 heavy (non-hydrogen) atoms. The van der Waals surface area contributed by atoms with E-state index in [9.17, 15) is 14.9 Å². The Morgan fingerprint density at radius 3 is 2.23 bits per heavy atom. The monoisotopic (exact) mass is 399 g/mol. The van der Waals surface area contributed by atoms with Crippen LogP contribution in [0.1, 0.15) is 22.7 Å². The highest BCUT2D eigenvalue weighted by Crippen LogP contribution is 2.37. The van der Waals surface area contributed by atoms with Crippen molar-refractivity contribution in [2.24, 2.45) is 0 Å². The quantitative estimate of drug-likeness (QED) is 0.467. The standard InChI is InChI=1S/C24H21N3O3/c1-16-5-3-7-19(13-16)25-22-15-23(18-9-11-20(12-10-18)27(29)30)26(24(22)28)21-8-4-6-17(2)14-21/h3-15,23,25H,1-2H3/t23-/m0/s1. The maximum atomic E-state index is 13.4. The molecule has 0 radical (unpaired) electrons. The Balaban J connectivity index is 1.74. The maximum Gasteiger partial charge on any atom is 0.275 e. The summed E-state index contributed by atoms with van der Waals surface area (Å²) in [6.45, 7) is 3.97. The third-order valence-corrected chi connectivity index (χ3v) is 5.07. The van der Waals surface area contributed by atoms with Crippen LogP contribution in [0.2, 0.25) is 0 Å². The number of hydrogen-bond donors (Lipinski definition) is 1. The van der Waals surface area contributed by atoms with Gasteiger partial charge in [-0.05, 0) is 73.0 Å². The second-order valence-electron chi connectivity index (χ2n) is 7.38. The summed E-state index contributed by atoms with van der Waals surface area (Å²) in [4.78, 5) is 25.6. The molecule has 4 rings (SSSR count). The van der Waals surface area contributed by atoms with E-state index in [1.165, 1.54) is 12.1 Å². The molecule has 1 atom stereocenters. The van der Waals surface area contributed by atoms with Crippen molar-refractivity contribution in [3.05, 3.63) is 111 Å². The number of carbonyl (C=O) groups is 1. The van der Waals surface area contributed by atoms with Crippen LogP contribution in [0.4, 0.5) is 17.1 Å². The Morgan fingerprint density at radius 1 is 0.933 bits per heavy atom. The third-order valence-electron chi connectivity index (χ3n) is 5.07. The lowest BCUT2D eigenvalue weighted by Crippen LogP contribution is -2.30. The smallest absolute Gasteiger partial charge is 0.275 e. The molecule has 0 unspecified atom stereocenters. The average molecular weight is 399 g/mol. The molecular formula is C24H21N3O3. The fraction of sp³-hybridized carbons (Fsp3) is 0.125. The molecule has 150 valence electrons. The van der Waals surface area contributed by atoms with Gasteiger partial charge in [0.25, 0.3) is 11.6 Å². The largest absolute Gasteiger partial charge is 0.351 e. The minimum absolute atomic E-state index is 0.0206. The molecule has 0 bridgehead atoms. The van der Waals surface area contributed by atoms with Crippen LogP contribution in [0.25, 0.3) is 0 Å². The number of nitrogens with one attached hydrogen (secondary N) is 1. The average Bonchev–Trinajstić information content (AvgIpc) is 3.04. The Bertz CT molecular complexity index is 1150. The topological polar surface area (TPSA) is 75.5 Å². The molecule has 3 aromatic carbocycles. The third kappa shape index (κ3) is 3.80. The molecule has 1 amide bonds. The van der Waals surface area contributed by atoms with Crippen LogP contribution in [0.3, 0.4) is 0 Å². The Hall–Kier alpha value is -3.93. The van der Waals surface area contributed by atoms with E-state index in [0.29, 0.717) is 5.70 Å². The lowest BCUT2D eigenvalue weighted by atomic mass is 10.1. The van der Waals surface area contributed by atoms with E-state index in [-0.39, 0.29) is 17.6 Å². The van der Waals surface area contributed by atoms with Crippen molar-refractivity contribution in [3.8, 4) is 0 Å². The summed E-state index contributed by atoms with van der Waals surface area (Å²) in [7, 11) is 0. The molecule has 0 saturated carbocycles. The molecule has 3 aromatic rings. The van der Waals surface area contributed by atoms with Gasteiger partial charge in [0.2, 0.25) is 0 Å². The van der Waals surface area contributed by atoms with Gasteiger partial charge in [0.1, 0.15) is 5.70 Å². The van der Waals surface area contributed by atoms with Gasteiger partial charge in [0, 0.05) is 23.5 Å². The van der Waals surface area contributed by atoms with Crippen LogP contribution in [0.15, 0.2) is 84.6 Å². The second-order valence-corrected chi connectivity index (χ2v) is 7.38. The van der Waals surface area contributed by atoms with Gasteiger partial charge in [-0.15, -0.1) is 0 Å². The van der Waals surface area contributed by atoms with Crippen molar-refractivity contribution in [1.29, 1.82) is 0 Å². The minimum atomic E-state index is -0.428. The highest BCUT2D eigenvalue weighted by molar-refractivity contribution is 6.11. The molecule has 0 fully saturated rings. The molecule has 0 spiro atoms. The maximum absolute atomic E-state index is 13.4. The van der Waals surface area contributed by atoms with Gasteiger partial charge in [-0.1, -0.05) is 24.3 Å². The van der Waals surface area contributed by atoms with Gasteiger partial charge in [0.15, 0.2) is 0 Å². The van der Waals surface area contributed by atoms with Crippen molar-refractivity contribution in [2.75, 3.05) is 10.2 Å². The van der Waals surface area contributed by atoms with Gasteiger partial charge in [-0.25, -0.2) is 0 Å². The van der Waals surface area contributed by atoms with Gasteiger partial charge < -0.3 is 5.32 Å². The number of anilines is 2. The fourth-order valence-electron chi connectivity index (χ4n) is 3.63. The summed E-state index contributed by atoms with van der Waals surface area (Å²) in [6.07, 6.45) is 1.87. The van der Waals surface area contributed by atoms with Crippen molar-refractivity contribution in [1.82, 2.24) is 0 Å². The van der Waals surface area contributed by atoms with Crippen LogP contribution in [-0.2, 0) is 4.79 Å². The summed E-state index contributed by atoms with van der Waals surface area (Å²) < 4.78 is 0. The number of carbonyl (C=O) groups excluding carboxylic acids is 1. The van der Waals surface area contributed by atoms with Gasteiger partial charge in [-0.3, -0.25) is 19.8 Å². The molecule has 0 aromatic heterocycles. The lowest BCUT2D eigenvalue weighted by Gasteiger charge is -2.25. The molecule has 1 aliphatic rings. The highest BCUT2D eigenvalue weighted by Gasteiger charge is 2.35. The second kappa shape index (κ2) is 7.83. The van der Waals surface area contributed by atoms with E-state index in [1.54, 1.807) is 17.0 Å². The molecule has 0 aliphatic carbocycles. The first-order valence-corrected chi connectivity index (χ1v) is 9.62. The van der Waals surface area contributed by atoms with Crippen molar-refractivity contribution in [2.45, 2.75) is 19.9 Å². The number of non-ortho nitro benzene ring substituents is 1. The SMILES string of the molecule is Cc1cccc(NC2=C[C@@H](c3ccc([N+](=O)[O-])cc3)N(c3cccc(C)c3)C2=O)c1. The Labute approximate surface area is 174 Å². The number of aryl methyl sites for hydroxylation is 2. The highest BCUT2D eigenvalue weighted by atomic mass is 16.6. The van der Waals surface area contributed by atoms with Crippen molar-refractivity contribution >= 4 is 23.0 Å². The van der Waals surface area contributed by atoms with E-state index in [2.05, 4.69) is 5.32 Å². The lowest BCUT2D eigenvalue weighted by molar-refractivity contribution is -0.384. The zero-order chi connectivity index (χ0) is 21.3. The summed E-state index contributed by atoms with van der Waals surface area (Å²) in [5.41, 5.74) is 5.05. The normalized spacial score (nSPS) is 15.8. The number of rotatable bonds is 5. The van der Waals surface area contributed by atoms with Crippen LogP contribution >= 0.6 is 0 Å². The fourth-order valence-corrected chi connectivity index (χ4v) is 3.63. The number of nitro groups is 1. The molecular weight excluding hydrogens is 378 g/mol. The number of hydrogen-bond acceptors (Lipinski definition) is 4. The molecule has 0 saturated heterocycles. The summed E-state index contributed by atoms with van der Waals surface area (Å²) in [6, 6.07) is 21.5. The van der Waals surface area contributed by atoms with E-state index in [4.69, 9.17) is 0 Å². The molecule has 6 nitrogen and oxygen atoms in total. The summed E-state index contributed by atoms with van der Waals surface area (Å²) >= 11 is 0. The van der Waals surface area contributed by atoms with Gasteiger partial charge in [-0.2, -0.15) is 0 Å². The minimum Gasteiger partial charge on any atom is -0.351 e. The van der Waals surface area contributed by atoms with Crippen LogP contribution in [0, 0.1) is 24.0 Å². The van der Waals surface area contributed by atoms with Gasteiger partial charge >= 0.3 is 0 Å². The Morgan fingerprint density at radius 2 is 1.60 bits per heavy atom. The van der Waals surface area contributed by atoms with E-state index in [1.807, 2.05) is 68.5 Å². The summed E-state index contributed by atoms with van der Waals surface area (Å²) in [5, 5.41) is 14.2. The number of nitrogens with zero attached hydrogens (tertiary/aromatic N) is 2. The first kappa shape index (κ1) is 19.4. The van der Waals surface area contributed by atoms with E-state index in [0.717, 1.165) is 28.1 Å². The van der Waals surface area contributed by atoms with Crippen molar-refractivity contribution in [3.63, 3.8) is 0 Å².